The highest BCUT2D eigenvalue weighted by Gasteiger charge is 2.27. The van der Waals surface area contributed by atoms with Gasteiger partial charge >= 0.3 is 0 Å². The van der Waals surface area contributed by atoms with E-state index in [1.165, 1.54) is 18.2 Å². The normalized spacial score (nSPS) is 16.5. The Morgan fingerprint density at radius 2 is 1.82 bits per heavy atom. The van der Waals surface area contributed by atoms with Crippen molar-refractivity contribution in [2.75, 3.05) is 26.2 Å². The van der Waals surface area contributed by atoms with Gasteiger partial charge in [-0.05, 0) is 29.6 Å². The highest BCUT2D eigenvalue weighted by atomic mass is 35.5. The third kappa shape index (κ3) is 4.18. The Bertz CT molecular complexity index is 575. The van der Waals surface area contributed by atoms with Gasteiger partial charge in [0.15, 0.2) is 0 Å². The van der Waals surface area contributed by atoms with Crippen LogP contribution in [0.25, 0.3) is 0 Å². The summed E-state index contributed by atoms with van der Waals surface area (Å²) in [5.74, 6) is -0.735. The average molecular weight is 367 g/mol. The van der Waals surface area contributed by atoms with Crippen LogP contribution >= 0.6 is 36.2 Å². The van der Waals surface area contributed by atoms with Crippen LogP contribution in [0.5, 0.6) is 0 Å². The minimum atomic E-state index is -0.391. The fourth-order valence-corrected chi connectivity index (χ4v) is 3.52. The molecular formula is C15H18Cl2F2N2S. The number of nitrogens with one attached hydrogen (secondary N) is 1. The third-order valence-corrected chi connectivity index (χ3v) is 4.51. The molecule has 0 aliphatic carbocycles. The zero-order chi connectivity index (χ0) is 13.9. The van der Waals surface area contributed by atoms with Gasteiger partial charge in [0.2, 0.25) is 0 Å². The number of halogens is 4. The highest BCUT2D eigenvalue weighted by molar-refractivity contribution is 7.10. The molecule has 7 heteroatoms. The Kier molecular flexibility index (Phi) is 7.72. The maximum atomic E-state index is 14.2. The van der Waals surface area contributed by atoms with Gasteiger partial charge in [-0.2, -0.15) is 0 Å². The Labute approximate surface area is 145 Å². The molecule has 0 saturated carbocycles. The molecular weight excluding hydrogens is 349 g/mol. The van der Waals surface area contributed by atoms with Gasteiger partial charge < -0.3 is 5.32 Å². The molecule has 2 nitrogen and oxygen atoms in total. The summed E-state index contributed by atoms with van der Waals surface area (Å²) in [5.41, 5.74) is 0.425. The van der Waals surface area contributed by atoms with E-state index in [1.54, 1.807) is 11.3 Å². The molecule has 1 aliphatic heterocycles. The molecule has 1 N–H and O–H groups in total. The van der Waals surface area contributed by atoms with Crippen LogP contribution in [0.4, 0.5) is 8.78 Å². The molecule has 0 amide bonds. The van der Waals surface area contributed by atoms with Crippen molar-refractivity contribution in [3.8, 4) is 0 Å². The molecule has 0 radical (unpaired) electrons. The van der Waals surface area contributed by atoms with Crippen LogP contribution in [-0.2, 0) is 0 Å². The van der Waals surface area contributed by atoms with Gasteiger partial charge in [0.05, 0.1) is 6.04 Å². The van der Waals surface area contributed by atoms with Gasteiger partial charge in [-0.1, -0.05) is 6.07 Å². The van der Waals surface area contributed by atoms with Crippen LogP contribution in [0, 0.1) is 11.6 Å². The van der Waals surface area contributed by atoms with Gasteiger partial charge in [-0.3, -0.25) is 4.90 Å². The summed E-state index contributed by atoms with van der Waals surface area (Å²) in [6.45, 7) is 3.41. The SMILES string of the molecule is Cl.Cl.Fc1ccc(F)c([C@H](c2cccs2)N2CCNCC2)c1. The molecule has 22 heavy (non-hydrogen) atoms. The largest absolute Gasteiger partial charge is 0.314 e. The standard InChI is InChI=1S/C15H16F2N2S.2ClH/c16-11-3-4-13(17)12(10-11)15(14-2-1-9-20-14)19-7-5-18-6-8-19;;/h1-4,9-10,15,18H,5-8H2;2*1H/t15-;;/m1../s1. The fourth-order valence-electron chi connectivity index (χ4n) is 2.64. The van der Waals surface area contributed by atoms with Gasteiger partial charge in [0, 0.05) is 36.6 Å². The highest BCUT2D eigenvalue weighted by Crippen LogP contribution is 2.33. The molecule has 0 bridgehead atoms. The number of benzene rings is 1. The Hall–Kier alpha value is -0.720. The molecule has 3 rings (SSSR count). The Morgan fingerprint density at radius 1 is 1.09 bits per heavy atom. The minimum absolute atomic E-state index is 0. The number of hydrogen-bond donors (Lipinski definition) is 1. The van der Waals surface area contributed by atoms with Crippen molar-refractivity contribution in [2.24, 2.45) is 0 Å². The van der Waals surface area contributed by atoms with Crippen molar-refractivity contribution in [1.29, 1.82) is 0 Å². The number of piperazine rings is 1. The molecule has 1 fully saturated rings. The quantitative estimate of drug-likeness (QED) is 0.886. The van der Waals surface area contributed by atoms with Gasteiger partial charge in [-0.25, -0.2) is 8.78 Å². The van der Waals surface area contributed by atoms with Crippen LogP contribution in [0.1, 0.15) is 16.5 Å². The van der Waals surface area contributed by atoms with Crippen molar-refractivity contribution < 1.29 is 8.78 Å². The first-order chi connectivity index (χ1) is 9.75. The van der Waals surface area contributed by atoms with E-state index < -0.39 is 5.82 Å². The second-order valence-electron chi connectivity index (χ2n) is 4.87. The van der Waals surface area contributed by atoms with Crippen LogP contribution < -0.4 is 5.32 Å². The monoisotopic (exact) mass is 366 g/mol. The smallest absolute Gasteiger partial charge is 0.128 e. The zero-order valence-corrected chi connectivity index (χ0v) is 14.2. The van der Waals surface area contributed by atoms with E-state index in [9.17, 15) is 8.78 Å². The van der Waals surface area contributed by atoms with E-state index in [0.29, 0.717) is 5.56 Å². The first-order valence-corrected chi connectivity index (χ1v) is 7.57. The molecule has 0 unspecified atom stereocenters. The van der Waals surface area contributed by atoms with Crippen molar-refractivity contribution in [3.63, 3.8) is 0 Å². The maximum absolute atomic E-state index is 14.2. The molecule has 1 saturated heterocycles. The molecule has 2 heterocycles. The fraction of sp³-hybridized carbons (Fsp3) is 0.333. The van der Waals surface area contributed by atoms with Crippen molar-refractivity contribution in [1.82, 2.24) is 10.2 Å². The van der Waals surface area contributed by atoms with Crippen molar-refractivity contribution in [3.05, 3.63) is 57.8 Å². The van der Waals surface area contributed by atoms with E-state index in [1.807, 2.05) is 17.5 Å². The molecule has 1 aliphatic rings. The first kappa shape index (κ1) is 19.3. The summed E-state index contributed by atoms with van der Waals surface area (Å²) < 4.78 is 27.7. The van der Waals surface area contributed by atoms with Crippen LogP contribution in [0.2, 0.25) is 0 Å². The molecule has 0 spiro atoms. The van der Waals surface area contributed by atoms with Crippen LogP contribution in [-0.4, -0.2) is 31.1 Å². The third-order valence-electron chi connectivity index (χ3n) is 3.58. The number of thiophene rings is 1. The van der Waals surface area contributed by atoms with Gasteiger partial charge in [0.25, 0.3) is 0 Å². The summed E-state index contributed by atoms with van der Waals surface area (Å²) in [4.78, 5) is 3.26. The number of nitrogens with zero attached hydrogens (tertiary/aromatic N) is 1. The lowest BCUT2D eigenvalue weighted by Crippen LogP contribution is -2.45. The van der Waals surface area contributed by atoms with Crippen LogP contribution in [0.3, 0.4) is 0 Å². The summed E-state index contributed by atoms with van der Waals surface area (Å²) in [6, 6.07) is 7.44. The minimum Gasteiger partial charge on any atom is -0.314 e. The Morgan fingerprint density at radius 3 is 2.45 bits per heavy atom. The topological polar surface area (TPSA) is 15.3 Å². The summed E-state index contributed by atoms with van der Waals surface area (Å²) in [5, 5.41) is 5.26. The van der Waals surface area contributed by atoms with E-state index in [4.69, 9.17) is 0 Å². The van der Waals surface area contributed by atoms with E-state index >= 15 is 0 Å². The predicted octanol–water partition coefficient (Wildman–Crippen LogP) is 3.86. The van der Waals surface area contributed by atoms with Crippen LogP contribution in [0.15, 0.2) is 35.7 Å². The first-order valence-electron chi connectivity index (χ1n) is 6.69. The lowest BCUT2D eigenvalue weighted by molar-refractivity contribution is 0.197. The average Bonchev–Trinajstić information content (AvgIpc) is 2.98. The number of hydrogen-bond acceptors (Lipinski definition) is 3. The van der Waals surface area contributed by atoms with Gasteiger partial charge in [0.1, 0.15) is 11.6 Å². The van der Waals surface area contributed by atoms with Crippen molar-refractivity contribution >= 4 is 36.2 Å². The second kappa shape index (κ2) is 8.79. The lowest BCUT2D eigenvalue weighted by Gasteiger charge is -2.34. The Balaban J connectivity index is 0.00000121. The predicted molar refractivity (Wildman–Crippen MR) is 91.5 cm³/mol. The van der Waals surface area contributed by atoms with E-state index in [2.05, 4.69) is 10.2 Å². The molecule has 1 aromatic carbocycles. The summed E-state index contributed by atoms with van der Waals surface area (Å²) in [6.07, 6.45) is 0. The second-order valence-corrected chi connectivity index (χ2v) is 5.85. The zero-order valence-electron chi connectivity index (χ0n) is 11.8. The van der Waals surface area contributed by atoms with Crippen molar-refractivity contribution in [2.45, 2.75) is 6.04 Å². The maximum Gasteiger partial charge on any atom is 0.128 e. The van der Waals surface area contributed by atoms with E-state index in [-0.39, 0.29) is 36.7 Å². The molecule has 1 aromatic heterocycles. The summed E-state index contributed by atoms with van der Waals surface area (Å²) in [7, 11) is 0. The van der Waals surface area contributed by atoms with Gasteiger partial charge in [-0.15, -0.1) is 36.2 Å². The molecule has 2 aromatic rings. The summed E-state index contributed by atoms with van der Waals surface area (Å²) >= 11 is 1.58. The number of rotatable bonds is 3. The van der Waals surface area contributed by atoms with E-state index in [0.717, 1.165) is 31.1 Å². The lowest BCUT2D eigenvalue weighted by atomic mass is 10.0. The molecule has 1 atom stereocenters. The molecule has 122 valence electrons.